The van der Waals surface area contributed by atoms with E-state index in [-0.39, 0.29) is 5.75 Å². The lowest BCUT2D eigenvalue weighted by Gasteiger charge is -2.05. The Hall–Kier alpha value is -0.470. The molecule has 0 unspecified atom stereocenters. The molecule has 96 valence electrons. The minimum Gasteiger partial charge on any atom is -0.373 e. The van der Waals surface area contributed by atoms with E-state index in [1.807, 2.05) is 12.3 Å². The van der Waals surface area contributed by atoms with E-state index in [1.165, 1.54) is 29.8 Å². The maximum Gasteiger partial charge on any atom is 0.190 e. The second kappa shape index (κ2) is 6.46. The van der Waals surface area contributed by atoms with Gasteiger partial charge in [-0.2, -0.15) is 0 Å². The third kappa shape index (κ3) is 5.60. The number of sulfone groups is 1. The summed E-state index contributed by atoms with van der Waals surface area (Å²) in [5, 5.41) is 4.42. The van der Waals surface area contributed by atoms with E-state index in [4.69, 9.17) is 0 Å². The van der Waals surface area contributed by atoms with Crippen molar-refractivity contribution in [1.82, 2.24) is 9.97 Å². The van der Waals surface area contributed by atoms with Gasteiger partial charge in [0, 0.05) is 25.1 Å². The molecule has 8 heteroatoms. The fraction of sp³-hybridized carbons (Fsp3) is 0.556. The average molecular weight is 293 g/mol. The zero-order valence-corrected chi connectivity index (χ0v) is 12.4. The lowest BCUT2D eigenvalue weighted by atomic mass is 10.6. The molecule has 0 aliphatic carbocycles. The summed E-state index contributed by atoms with van der Waals surface area (Å²) in [5.74, 6) is 1.41. The molecule has 5 nitrogen and oxygen atoms in total. The quantitative estimate of drug-likeness (QED) is 0.482. The van der Waals surface area contributed by atoms with Crippen LogP contribution in [0.15, 0.2) is 16.2 Å². The molecule has 0 aliphatic rings. The fourth-order valence-electron chi connectivity index (χ4n) is 0.995. The Morgan fingerprint density at radius 1 is 1.41 bits per heavy atom. The molecule has 0 saturated carbocycles. The fourth-order valence-corrected chi connectivity index (χ4v) is 3.53. The molecular formula is C9H15N3O2S3. The van der Waals surface area contributed by atoms with Gasteiger partial charge in [0.15, 0.2) is 5.16 Å². The van der Waals surface area contributed by atoms with Crippen molar-refractivity contribution in [1.29, 1.82) is 0 Å². The Kier molecular flexibility index (Phi) is 5.54. The maximum atomic E-state index is 11.0. The van der Waals surface area contributed by atoms with Crippen molar-refractivity contribution in [3.8, 4) is 0 Å². The van der Waals surface area contributed by atoms with Crippen molar-refractivity contribution in [2.24, 2.45) is 0 Å². The molecule has 0 amide bonds. The van der Waals surface area contributed by atoms with Crippen molar-refractivity contribution in [2.45, 2.75) is 10.2 Å². The minimum absolute atomic E-state index is 0.158. The van der Waals surface area contributed by atoms with Crippen molar-refractivity contribution in [2.75, 3.05) is 36.4 Å². The highest BCUT2D eigenvalue weighted by Crippen LogP contribution is 2.21. The number of nitrogens with zero attached hydrogens (tertiary/aromatic N) is 2. The number of hydrogen-bond donors (Lipinski definition) is 1. The van der Waals surface area contributed by atoms with Gasteiger partial charge in [0.1, 0.15) is 20.7 Å². The molecule has 1 aromatic heterocycles. The van der Waals surface area contributed by atoms with E-state index in [2.05, 4.69) is 15.3 Å². The number of anilines is 1. The number of nitrogens with one attached hydrogen (secondary N) is 1. The maximum absolute atomic E-state index is 11.0. The van der Waals surface area contributed by atoms with E-state index in [9.17, 15) is 8.42 Å². The van der Waals surface area contributed by atoms with Crippen molar-refractivity contribution in [3.05, 3.63) is 6.07 Å². The molecule has 17 heavy (non-hydrogen) atoms. The molecule has 1 heterocycles. The van der Waals surface area contributed by atoms with Crippen LogP contribution in [0, 0.1) is 0 Å². The molecule has 0 atom stereocenters. The monoisotopic (exact) mass is 293 g/mol. The zero-order chi connectivity index (χ0) is 12.9. The highest BCUT2D eigenvalue weighted by Gasteiger charge is 2.06. The summed E-state index contributed by atoms with van der Waals surface area (Å²) < 4.78 is 22.0. The Bertz CT molecular complexity index is 454. The van der Waals surface area contributed by atoms with Gasteiger partial charge >= 0.3 is 0 Å². The summed E-state index contributed by atoms with van der Waals surface area (Å²) in [6, 6.07) is 1.81. The summed E-state index contributed by atoms with van der Waals surface area (Å²) in [4.78, 5) is 8.54. The highest BCUT2D eigenvalue weighted by atomic mass is 32.2. The molecule has 0 saturated heterocycles. The first kappa shape index (κ1) is 14.6. The molecule has 0 radical (unpaired) electrons. The minimum atomic E-state index is -2.91. The lowest BCUT2D eigenvalue weighted by molar-refractivity contribution is 0.603. The zero-order valence-electron chi connectivity index (χ0n) is 9.93. The first-order chi connectivity index (χ1) is 7.94. The van der Waals surface area contributed by atoms with Crippen LogP contribution < -0.4 is 5.32 Å². The standard InChI is InChI=1S/C9H15N3O2S3/c1-10-7-6-8(12-9(11-7)15-2)16-4-5-17(3,13)14/h6H,4-5H2,1-3H3,(H,10,11,12). The number of hydrogen-bond acceptors (Lipinski definition) is 7. The molecule has 0 spiro atoms. The summed E-state index contributed by atoms with van der Waals surface area (Å²) in [6.45, 7) is 0. The van der Waals surface area contributed by atoms with Gasteiger partial charge in [-0.15, -0.1) is 11.8 Å². The van der Waals surface area contributed by atoms with Crippen molar-refractivity contribution in [3.63, 3.8) is 0 Å². The van der Waals surface area contributed by atoms with Crippen LogP contribution in [0.1, 0.15) is 0 Å². The topological polar surface area (TPSA) is 72.0 Å². The number of rotatable bonds is 6. The highest BCUT2D eigenvalue weighted by molar-refractivity contribution is 8.00. The van der Waals surface area contributed by atoms with E-state index < -0.39 is 9.84 Å². The van der Waals surface area contributed by atoms with E-state index in [0.717, 1.165) is 10.8 Å². The summed E-state index contributed by atoms with van der Waals surface area (Å²) in [5.41, 5.74) is 0. The van der Waals surface area contributed by atoms with Crippen LogP contribution in [0.25, 0.3) is 0 Å². The van der Waals surface area contributed by atoms with Gasteiger partial charge in [-0.3, -0.25) is 0 Å². The molecule has 1 rings (SSSR count). The van der Waals surface area contributed by atoms with E-state index in [1.54, 1.807) is 7.05 Å². The molecule has 0 aromatic carbocycles. The van der Waals surface area contributed by atoms with Gasteiger partial charge in [0.2, 0.25) is 0 Å². The lowest BCUT2D eigenvalue weighted by Crippen LogP contribution is -2.05. The van der Waals surface area contributed by atoms with E-state index >= 15 is 0 Å². The summed E-state index contributed by atoms with van der Waals surface area (Å²) >= 11 is 2.88. The molecular weight excluding hydrogens is 278 g/mol. The van der Waals surface area contributed by atoms with Crippen LogP contribution in [-0.2, 0) is 9.84 Å². The molecule has 1 aromatic rings. The number of thioether (sulfide) groups is 2. The Morgan fingerprint density at radius 3 is 2.65 bits per heavy atom. The molecule has 1 N–H and O–H groups in total. The predicted molar refractivity (Wildman–Crippen MR) is 73.8 cm³/mol. The van der Waals surface area contributed by atoms with Gasteiger partial charge < -0.3 is 5.32 Å². The third-order valence-electron chi connectivity index (χ3n) is 1.82. The van der Waals surface area contributed by atoms with Gasteiger partial charge in [-0.05, 0) is 6.26 Å². The van der Waals surface area contributed by atoms with Crippen LogP contribution in [0.3, 0.4) is 0 Å². The third-order valence-corrected chi connectivity index (χ3v) is 4.49. The van der Waals surface area contributed by atoms with Crippen LogP contribution >= 0.6 is 23.5 Å². The summed E-state index contributed by atoms with van der Waals surface area (Å²) in [6.07, 6.45) is 3.14. The smallest absolute Gasteiger partial charge is 0.190 e. The summed E-state index contributed by atoms with van der Waals surface area (Å²) in [7, 11) is -1.12. The van der Waals surface area contributed by atoms with Crippen LogP contribution in [0.5, 0.6) is 0 Å². The van der Waals surface area contributed by atoms with Gasteiger partial charge in [0.05, 0.1) is 5.75 Å². The molecule has 0 aliphatic heterocycles. The van der Waals surface area contributed by atoms with Gasteiger partial charge in [-0.25, -0.2) is 18.4 Å². The van der Waals surface area contributed by atoms with Crippen LogP contribution in [-0.4, -0.2) is 49.5 Å². The van der Waals surface area contributed by atoms with Crippen LogP contribution in [0.4, 0.5) is 5.82 Å². The van der Waals surface area contributed by atoms with Crippen molar-refractivity contribution >= 4 is 39.2 Å². The SMILES string of the molecule is CNc1cc(SCCS(C)(=O)=O)nc(SC)n1. The van der Waals surface area contributed by atoms with Crippen molar-refractivity contribution < 1.29 is 8.42 Å². The van der Waals surface area contributed by atoms with Gasteiger partial charge in [0.25, 0.3) is 0 Å². The predicted octanol–water partition coefficient (Wildman–Crippen LogP) is 1.38. The Morgan fingerprint density at radius 2 is 2.12 bits per heavy atom. The first-order valence-electron chi connectivity index (χ1n) is 4.86. The van der Waals surface area contributed by atoms with Gasteiger partial charge in [-0.1, -0.05) is 11.8 Å². The largest absolute Gasteiger partial charge is 0.373 e. The number of aromatic nitrogens is 2. The normalized spacial score (nSPS) is 11.5. The Balaban J connectivity index is 2.70. The molecule has 0 bridgehead atoms. The molecule has 0 fully saturated rings. The Labute approximate surface area is 110 Å². The van der Waals surface area contributed by atoms with Crippen LogP contribution in [0.2, 0.25) is 0 Å². The average Bonchev–Trinajstić information content (AvgIpc) is 2.26. The second-order valence-corrected chi connectivity index (χ2v) is 7.45. The van der Waals surface area contributed by atoms with E-state index in [0.29, 0.717) is 10.9 Å². The second-order valence-electron chi connectivity index (χ2n) is 3.31. The first-order valence-corrected chi connectivity index (χ1v) is 9.13.